The number of aliphatic carboxylic acids is 1. The van der Waals surface area contributed by atoms with Gasteiger partial charge < -0.3 is 26.2 Å². The number of carbonyl (C=O) groups is 3. The molecular weight excluding hydrogens is 266 g/mol. The van der Waals surface area contributed by atoms with Crippen LogP contribution in [0.1, 0.15) is 26.7 Å². The van der Waals surface area contributed by atoms with Crippen molar-refractivity contribution in [2.75, 3.05) is 6.54 Å². The number of urea groups is 1. The Morgan fingerprint density at radius 1 is 1.45 bits per heavy atom. The lowest BCUT2D eigenvalue weighted by Crippen LogP contribution is -2.55. The van der Waals surface area contributed by atoms with Gasteiger partial charge >= 0.3 is 12.0 Å². The van der Waals surface area contributed by atoms with Crippen LogP contribution in [0.4, 0.5) is 4.79 Å². The molecule has 1 saturated heterocycles. The minimum absolute atomic E-state index is 0.00906. The molecule has 0 aromatic heterocycles. The highest BCUT2D eigenvalue weighted by molar-refractivity contribution is 5.90. The maximum Gasteiger partial charge on any atom is 0.326 e. The number of aliphatic hydroxyl groups excluding tert-OH is 1. The Morgan fingerprint density at radius 3 is 2.50 bits per heavy atom. The van der Waals surface area contributed by atoms with E-state index in [1.807, 2.05) is 6.92 Å². The number of carboxylic acid groups (broad SMARTS) is 1. The van der Waals surface area contributed by atoms with Crippen LogP contribution in [0, 0.1) is 5.92 Å². The first kappa shape index (κ1) is 16.2. The van der Waals surface area contributed by atoms with Gasteiger partial charge in [0.15, 0.2) is 0 Å². The lowest BCUT2D eigenvalue weighted by Gasteiger charge is -2.29. The van der Waals surface area contributed by atoms with Gasteiger partial charge in [0.2, 0.25) is 5.91 Å². The van der Waals surface area contributed by atoms with Crippen molar-refractivity contribution in [1.29, 1.82) is 0 Å². The summed E-state index contributed by atoms with van der Waals surface area (Å²) >= 11 is 0. The van der Waals surface area contributed by atoms with Crippen LogP contribution in [0.2, 0.25) is 0 Å². The highest BCUT2D eigenvalue weighted by Gasteiger charge is 2.42. The van der Waals surface area contributed by atoms with E-state index in [1.165, 1.54) is 0 Å². The van der Waals surface area contributed by atoms with Gasteiger partial charge in [-0.15, -0.1) is 0 Å². The number of carboxylic acids is 1. The molecule has 8 nitrogen and oxygen atoms in total. The standard InChI is InChI=1S/C12H21N3O5/c1-3-6(2)9(14-12(13)20)10(17)15-5-7(16)4-8(15)11(18)19/h6-9,16H,3-5H2,1-2H3,(H,18,19)(H3,13,14,20)/t6?,7-,8-,9?/m0/s1. The Morgan fingerprint density at radius 2 is 2.05 bits per heavy atom. The summed E-state index contributed by atoms with van der Waals surface area (Å²) in [4.78, 5) is 35.7. The van der Waals surface area contributed by atoms with Crippen LogP contribution < -0.4 is 11.1 Å². The quantitative estimate of drug-likeness (QED) is 0.521. The lowest BCUT2D eigenvalue weighted by molar-refractivity contribution is -0.149. The van der Waals surface area contributed by atoms with E-state index in [1.54, 1.807) is 6.92 Å². The molecule has 0 aliphatic carbocycles. The smallest absolute Gasteiger partial charge is 0.326 e. The Labute approximate surface area is 116 Å². The molecule has 5 N–H and O–H groups in total. The van der Waals surface area contributed by atoms with Gasteiger partial charge in [0, 0.05) is 13.0 Å². The van der Waals surface area contributed by atoms with Crippen molar-refractivity contribution in [2.45, 2.75) is 44.9 Å². The monoisotopic (exact) mass is 287 g/mol. The van der Waals surface area contributed by atoms with Crippen LogP contribution in [0.3, 0.4) is 0 Å². The molecule has 4 atom stereocenters. The molecule has 2 unspecified atom stereocenters. The molecule has 0 spiro atoms. The van der Waals surface area contributed by atoms with Gasteiger partial charge in [-0.3, -0.25) is 4.79 Å². The molecular formula is C12H21N3O5. The Balaban J connectivity index is 2.92. The van der Waals surface area contributed by atoms with E-state index in [-0.39, 0.29) is 18.9 Å². The maximum absolute atomic E-state index is 12.4. The summed E-state index contributed by atoms with van der Waals surface area (Å²) in [6.45, 7) is 3.56. The van der Waals surface area contributed by atoms with Gasteiger partial charge in [-0.1, -0.05) is 20.3 Å². The van der Waals surface area contributed by atoms with E-state index in [4.69, 9.17) is 10.8 Å². The van der Waals surface area contributed by atoms with Crippen molar-refractivity contribution >= 4 is 17.9 Å². The van der Waals surface area contributed by atoms with Crippen molar-refractivity contribution in [1.82, 2.24) is 10.2 Å². The van der Waals surface area contributed by atoms with Gasteiger partial charge in [0.1, 0.15) is 12.1 Å². The number of nitrogens with two attached hydrogens (primary N) is 1. The second-order valence-corrected chi connectivity index (χ2v) is 5.11. The minimum Gasteiger partial charge on any atom is -0.480 e. The van der Waals surface area contributed by atoms with E-state index >= 15 is 0 Å². The van der Waals surface area contributed by atoms with Crippen LogP contribution in [-0.4, -0.2) is 57.8 Å². The summed E-state index contributed by atoms with van der Waals surface area (Å²) in [5.74, 6) is -1.89. The van der Waals surface area contributed by atoms with E-state index < -0.39 is 36.1 Å². The number of hydrogen-bond donors (Lipinski definition) is 4. The average Bonchev–Trinajstić information content (AvgIpc) is 2.76. The molecule has 0 aromatic rings. The molecule has 0 bridgehead atoms. The predicted molar refractivity (Wildman–Crippen MR) is 69.7 cm³/mol. The third-order valence-corrected chi connectivity index (χ3v) is 3.62. The number of carbonyl (C=O) groups excluding carboxylic acids is 2. The Kier molecular flexibility index (Phi) is 5.32. The summed E-state index contributed by atoms with van der Waals surface area (Å²) in [6.07, 6.45) is -0.262. The summed E-state index contributed by atoms with van der Waals surface area (Å²) in [6, 6.07) is -2.79. The zero-order valence-electron chi connectivity index (χ0n) is 11.6. The second-order valence-electron chi connectivity index (χ2n) is 5.11. The van der Waals surface area contributed by atoms with E-state index in [9.17, 15) is 19.5 Å². The number of primary amides is 1. The van der Waals surface area contributed by atoms with Crippen LogP contribution in [0.25, 0.3) is 0 Å². The average molecular weight is 287 g/mol. The minimum atomic E-state index is -1.17. The number of hydrogen-bond acceptors (Lipinski definition) is 4. The number of likely N-dealkylation sites (tertiary alicyclic amines) is 1. The highest BCUT2D eigenvalue weighted by Crippen LogP contribution is 2.21. The van der Waals surface area contributed by atoms with E-state index in [2.05, 4.69) is 5.32 Å². The molecule has 8 heteroatoms. The van der Waals surface area contributed by atoms with Gasteiger partial charge in [0.25, 0.3) is 0 Å². The van der Waals surface area contributed by atoms with Crippen molar-refractivity contribution < 1.29 is 24.6 Å². The van der Waals surface area contributed by atoms with Gasteiger partial charge in [-0.05, 0) is 5.92 Å². The molecule has 0 radical (unpaired) electrons. The topological polar surface area (TPSA) is 133 Å². The number of rotatable bonds is 5. The fourth-order valence-corrected chi connectivity index (χ4v) is 2.31. The molecule has 1 aliphatic heterocycles. The fraction of sp³-hybridized carbons (Fsp3) is 0.750. The van der Waals surface area contributed by atoms with Crippen molar-refractivity contribution in [3.05, 3.63) is 0 Å². The number of β-amino-alcohol motifs (C(OH)–C–C–N with tert-alkyl or cyclic N) is 1. The highest BCUT2D eigenvalue weighted by atomic mass is 16.4. The normalized spacial score (nSPS) is 25.1. The zero-order chi connectivity index (χ0) is 15.4. The maximum atomic E-state index is 12.4. The largest absolute Gasteiger partial charge is 0.480 e. The number of amides is 3. The van der Waals surface area contributed by atoms with E-state index in [0.29, 0.717) is 6.42 Å². The fourth-order valence-electron chi connectivity index (χ4n) is 2.31. The molecule has 1 fully saturated rings. The van der Waals surface area contributed by atoms with Crippen molar-refractivity contribution in [3.63, 3.8) is 0 Å². The molecule has 1 aliphatic rings. The molecule has 3 amide bonds. The van der Waals surface area contributed by atoms with Crippen LogP contribution in [0.5, 0.6) is 0 Å². The Hall–Kier alpha value is -1.83. The van der Waals surface area contributed by atoms with Crippen LogP contribution in [-0.2, 0) is 9.59 Å². The Bertz CT molecular complexity index is 397. The lowest BCUT2D eigenvalue weighted by atomic mass is 9.97. The first-order chi connectivity index (χ1) is 9.27. The zero-order valence-corrected chi connectivity index (χ0v) is 11.6. The van der Waals surface area contributed by atoms with Crippen LogP contribution in [0.15, 0.2) is 0 Å². The van der Waals surface area contributed by atoms with Gasteiger partial charge in [-0.25, -0.2) is 9.59 Å². The third kappa shape index (κ3) is 3.60. The van der Waals surface area contributed by atoms with Crippen LogP contribution >= 0.6 is 0 Å². The second kappa shape index (κ2) is 6.56. The molecule has 1 rings (SSSR count). The molecule has 1 heterocycles. The summed E-state index contributed by atoms with van der Waals surface area (Å²) in [5.41, 5.74) is 5.06. The van der Waals surface area contributed by atoms with Crippen molar-refractivity contribution in [3.8, 4) is 0 Å². The molecule has 0 aromatic carbocycles. The number of aliphatic hydroxyl groups is 1. The van der Waals surface area contributed by atoms with Gasteiger partial charge in [0.05, 0.1) is 6.10 Å². The van der Waals surface area contributed by atoms with E-state index in [0.717, 1.165) is 4.90 Å². The molecule has 20 heavy (non-hydrogen) atoms. The molecule has 114 valence electrons. The van der Waals surface area contributed by atoms with Crippen molar-refractivity contribution in [2.24, 2.45) is 11.7 Å². The summed E-state index contributed by atoms with van der Waals surface area (Å²) in [7, 11) is 0. The van der Waals surface area contributed by atoms with Gasteiger partial charge in [-0.2, -0.15) is 0 Å². The summed E-state index contributed by atoms with van der Waals surface area (Å²) in [5, 5.41) is 21.0. The predicted octanol–water partition coefficient (Wildman–Crippen LogP) is -0.884. The number of nitrogens with zero attached hydrogens (tertiary/aromatic N) is 1. The first-order valence-electron chi connectivity index (χ1n) is 6.55. The third-order valence-electron chi connectivity index (χ3n) is 3.62. The summed E-state index contributed by atoms with van der Waals surface area (Å²) < 4.78 is 0. The first-order valence-corrected chi connectivity index (χ1v) is 6.55. The SMILES string of the molecule is CCC(C)C(NC(N)=O)C(=O)N1C[C@@H](O)C[C@H]1C(=O)O. The number of nitrogens with one attached hydrogen (secondary N) is 1. The molecule has 0 saturated carbocycles.